The molecule has 0 saturated carbocycles. The SMILES string of the molecule is COc1ccc([C@H]2C(C(=O)OC[C@@H]3CCCO3)=C(C)NC3=C2C(=O)CC(C)(C)C3)cc1Cl. The lowest BCUT2D eigenvalue weighted by Gasteiger charge is -2.39. The van der Waals surface area contributed by atoms with Crippen molar-refractivity contribution in [1.29, 1.82) is 0 Å². The Hall–Kier alpha value is -2.31. The van der Waals surface area contributed by atoms with Crippen LogP contribution in [0.2, 0.25) is 5.02 Å². The molecular formula is C25H30ClNO5. The summed E-state index contributed by atoms with van der Waals surface area (Å²) in [4.78, 5) is 26.6. The van der Waals surface area contributed by atoms with Crippen molar-refractivity contribution < 1.29 is 23.8 Å². The van der Waals surface area contributed by atoms with Crippen LogP contribution in [0.3, 0.4) is 0 Å². The third-order valence-electron chi connectivity index (χ3n) is 6.39. The van der Waals surface area contributed by atoms with Gasteiger partial charge in [-0.25, -0.2) is 4.79 Å². The second kappa shape index (κ2) is 8.91. The number of carbonyl (C=O) groups excluding carboxylic acids is 2. The Balaban J connectivity index is 1.74. The molecule has 1 N–H and O–H groups in total. The second-order valence-corrected chi connectivity index (χ2v) is 9.96. The molecule has 1 saturated heterocycles. The van der Waals surface area contributed by atoms with E-state index in [1.165, 1.54) is 0 Å². The van der Waals surface area contributed by atoms with E-state index >= 15 is 0 Å². The lowest BCUT2D eigenvalue weighted by atomic mass is 9.68. The van der Waals surface area contributed by atoms with Gasteiger partial charge < -0.3 is 19.5 Å². The van der Waals surface area contributed by atoms with Gasteiger partial charge in [0.15, 0.2) is 5.78 Å². The summed E-state index contributed by atoms with van der Waals surface area (Å²) in [5, 5.41) is 3.78. The third kappa shape index (κ3) is 4.44. The van der Waals surface area contributed by atoms with Crippen molar-refractivity contribution >= 4 is 23.4 Å². The predicted octanol–water partition coefficient (Wildman–Crippen LogP) is 4.67. The van der Waals surface area contributed by atoms with Crippen molar-refractivity contribution in [3.05, 3.63) is 51.3 Å². The number of ketones is 1. The molecule has 1 aromatic rings. The molecule has 32 heavy (non-hydrogen) atoms. The Labute approximate surface area is 193 Å². The molecular weight excluding hydrogens is 430 g/mol. The van der Waals surface area contributed by atoms with E-state index in [2.05, 4.69) is 19.2 Å². The minimum Gasteiger partial charge on any atom is -0.495 e. The molecule has 2 aliphatic heterocycles. The van der Waals surface area contributed by atoms with Gasteiger partial charge in [0, 0.05) is 35.9 Å². The van der Waals surface area contributed by atoms with E-state index in [-0.39, 0.29) is 23.9 Å². The number of esters is 1. The van der Waals surface area contributed by atoms with E-state index in [1.54, 1.807) is 19.2 Å². The number of hydrogen-bond donors (Lipinski definition) is 1. The van der Waals surface area contributed by atoms with Crippen molar-refractivity contribution in [2.24, 2.45) is 5.41 Å². The van der Waals surface area contributed by atoms with Crippen molar-refractivity contribution in [2.45, 2.75) is 58.5 Å². The van der Waals surface area contributed by atoms with Crippen LogP contribution in [0.4, 0.5) is 0 Å². The van der Waals surface area contributed by atoms with Gasteiger partial charge in [-0.2, -0.15) is 0 Å². The fourth-order valence-corrected chi connectivity index (χ4v) is 5.19. The van der Waals surface area contributed by atoms with Crippen LogP contribution in [0.5, 0.6) is 5.75 Å². The minimum absolute atomic E-state index is 0.0395. The maximum Gasteiger partial charge on any atom is 0.336 e. The maximum absolute atomic E-state index is 13.3. The lowest BCUT2D eigenvalue weighted by molar-refractivity contribution is -0.142. The van der Waals surface area contributed by atoms with Gasteiger partial charge >= 0.3 is 5.97 Å². The molecule has 6 nitrogen and oxygen atoms in total. The fourth-order valence-electron chi connectivity index (χ4n) is 4.92. The van der Waals surface area contributed by atoms with Crippen molar-refractivity contribution in [3.8, 4) is 5.75 Å². The first kappa shape index (κ1) is 22.9. The molecule has 2 heterocycles. The number of carbonyl (C=O) groups is 2. The first-order valence-corrected chi connectivity index (χ1v) is 11.4. The lowest BCUT2D eigenvalue weighted by Crippen LogP contribution is -2.39. The van der Waals surface area contributed by atoms with Gasteiger partial charge in [-0.15, -0.1) is 0 Å². The minimum atomic E-state index is -0.546. The van der Waals surface area contributed by atoms with Gasteiger partial charge in [-0.3, -0.25) is 4.79 Å². The second-order valence-electron chi connectivity index (χ2n) is 9.56. The molecule has 0 amide bonds. The number of rotatable bonds is 5. The van der Waals surface area contributed by atoms with Crippen LogP contribution < -0.4 is 10.1 Å². The Morgan fingerprint density at radius 1 is 1.31 bits per heavy atom. The molecule has 0 unspecified atom stereocenters. The van der Waals surface area contributed by atoms with E-state index in [0.717, 1.165) is 30.5 Å². The van der Waals surface area contributed by atoms with Gasteiger partial charge in [0.2, 0.25) is 0 Å². The highest BCUT2D eigenvalue weighted by Gasteiger charge is 2.43. The summed E-state index contributed by atoms with van der Waals surface area (Å²) in [7, 11) is 1.55. The van der Waals surface area contributed by atoms with Crippen LogP contribution in [0, 0.1) is 5.41 Å². The quantitative estimate of drug-likeness (QED) is 0.645. The maximum atomic E-state index is 13.3. The Kier molecular flexibility index (Phi) is 6.37. The highest BCUT2D eigenvalue weighted by molar-refractivity contribution is 6.32. The van der Waals surface area contributed by atoms with Crippen molar-refractivity contribution in [2.75, 3.05) is 20.3 Å². The summed E-state index contributed by atoms with van der Waals surface area (Å²) < 4.78 is 16.6. The molecule has 1 aromatic carbocycles. The van der Waals surface area contributed by atoms with Crippen LogP contribution in [-0.2, 0) is 19.1 Å². The molecule has 2 atom stereocenters. The first-order valence-electron chi connectivity index (χ1n) is 11.1. The average molecular weight is 460 g/mol. The number of benzene rings is 1. The van der Waals surface area contributed by atoms with E-state index in [9.17, 15) is 9.59 Å². The summed E-state index contributed by atoms with van der Waals surface area (Å²) >= 11 is 6.43. The monoisotopic (exact) mass is 459 g/mol. The zero-order valence-corrected chi connectivity index (χ0v) is 19.8. The highest BCUT2D eigenvalue weighted by Crippen LogP contribution is 2.47. The fraction of sp³-hybridized carbons (Fsp3) is 0.520. The van der Waals surface area contributed by atoms with Crippen LogP contribution in [-0.4, -0.2) is 38.2 Å². The van der Waals surface area contributed by atoms with E-state index in [0.29, 0.717) is 40.6 Å². The van der Waals surface area contributed by atoms with Crippen molar-refractivity contribution in [3.63, 3.8) is 0 Å². The van der Waals surface area contributed by atoms with Crippen molar-refractivity contribution in [1.82, 2.24) is 5.32 Å². The van der Waals surface area contributed by atoms with Gasteiger partial charge in [0.05, 0.1) is 23.8 Å². The number of methoxy groups -OCH3 is 1. The summed E-state index contributed by atoms with van der Waals surface area (Å²) in [6.07, 6.45) is 2.93. The number of hydrogen-bond acceptors (Lipinski definition) is 6. The molecule has 172 valence electrons. The molecule has 3 aliphatic rings. The molecule has 0 bridgehead atoms. The standard InChI is InChI=1S/C25H30ClNO5/c1-14-21(24(29)32-13-16-6-5-9-31-16)22(15-7-8-20(30-4)17(26)10-15)23-18(27-14)11-25(2,3)12-19(23)28/h7-8,10,16,22,27H,5-6,9,11-13H2,1-4H3/t16-,22-/m0/s1. The van der Waals surface area contributed by atoms with Crippen LogP contribution in [0.1, 0.15) is 57.9 Å². The topological polar surface area (TPSA) is 73.9 Å². The van der Waals surface area contributed by atoms with Gasteiger partial charge in [-0.1, -0.05) is 31.5 Å². The Morgan fingerprint density at radius 2 is 2.09 bits per heavy atom. The number of Topliss-reactive ketones (excluding diaryl/α,β-unsaturated/α-hetero) is 1. The summed E-state index contributed by atoms with van der Waals surface area (Å²) in [5.74, 6) is -0.405. The number of allylic oxidation sites excluding steroid dienone is 3. The van der Waals surface area contributed by atoms with Gasteiger partial charge in [0.1, 0.15) is 12.4 Å². The number of dihydropyridines is 1. The average Bonchev–Trinajstić information content (AvgIpc) is 3.23. The molecule has 4 rings (SSSR count). The number of nitrogens with one attached hydrogen (secondary N) is 1. The summed E-state index contributed by atoms with van der Waals surface area (Å²) in [6, 6.07) is 5.40. The smallest absolute Gasteiger partial charge is 0.336 e. The third-order valence-corrected chi connectivity index (χ3v) is 6.69. The summed E-state index contributed by atoms with van der Waals surface area (Å²) in [6.45, 7) is 6.92. The zero-order valence-electron chi connectivity index (χ0n) is 19.0. The van der Waals surface area contributed by atoms with Crippen LogP contribution >= 0.6 is 11.6 Å². The zero-order chi connectivity index (χ0) is 23.0. The number of halogens is 1. The Morgan fingerprint density at radius 3 is 2.75 bits per heavy atom. The van der Waals surface area contributed by atoms with E-state index in [4.69, 9.17) is 25.8 Å². The largest absolute Gasteiger partial charge is 0.495 e. The highest BCUT2D eigenvalue weighted by atomic mass is 35.5. The van der Waals surface area contributed by atoms with Gasteiger partial charge in [0.25, 0.3) is 0 Å². The molecule has 0 radical (unpaired) electrons. The predicted molar refractivity (Wildman–Crippen MR) is 122 cm³/mol. The molecule has 1 aliphatic carbocycles. The number of ether oxygens (including phenoxy) is 3. The first-order chi connectivity index (χ1) is 15.2. The Bertz CT molecular complexity index is 1000. The van der Waals surface area contributed by atoms with E-state index < -0.39 is 11.9 Å². The van der Waals surface area contributed by atoms with E-state index in [1.807, 2.05) is 13.0 Å². The van der Waals surface area contributed by atoms with Crippen LogP contribution in [0.15, 0.2) is 40.7 Å². The van der Waals surface area contributed by atoms with Gasteiger partial charge in [-0.05, 0) is 49.3 Å². The van der Waals surface area contributed by atoms with Crippen LogP contribution in [0.25, 0.3) is 0 Å². The molecule has 7 heteroatoms. The molecule has 1 fully saturated rings. The summed E-state index contributed by atoms with van der Waals surface area (Å²) in [5.41, 5.74) is 3.25. The molecule has 0 spiro atoms. The normalized spacial score (nSPS) is 24.8. The molecule has 0 aromatic heterocycles.